The van der Waals surface area contributed by atoms with Gasteiger partial charge in [0, 0.05) is 15.8 Å². The summed E-state index contributed by atoms with van der Waals surface area (Å²) in [5, 5.41) is 2.93. The Balaban J connectivity index is 2.15. The highest BCUT2D eigenvalue weighted by atomic mass is 79.9. The Hall–Kier alpha value is -1.81. The van der Waals surface area contributed by atoms with Crippen LogP contribution in [0.4, 0.5) is 11.4 Å². The van der Waals surface area contributed by atoms with Gasteiger partial charge in [0.15, 0.2) is 0 Å². The Morgan fingerprint density at radius 3 is 2.65 bits per heavy atom. The fourth-order valence-electron chi connectivity index (χ4n) is 2.04. The third-order valence-electron chi connectivity index (χ3n) is 3.11. The van der Waals surface area contributed by atoms with Crippen molar-refractivity contribution in [2.24, 2.45) is 0 Å². The van der Waals surface area contributed by atoms with Crippen molar-refractivity contribution < 1.29 is 4.79 Å². The van der Waals surface area contributed by atoms with E-state index in [0.29, 0.717) is 5.69 Å². The molecule has 0 spiro atoms. The fourth-order valence-corrected chi connectivity index (χ4v) is 2.65. The smallest absolute Gasteiger partial charge is 0.231 e. The Morgan fingerprint density at radius 1 is 1.25 bits per heavy atom. The molecule has 20 heavy (non-hydrogen) atoms. The Morgan fingerprint density at radius 2 is 2.00 bits per heavy atom. The van der Waals surface area contributed by atoms with Crippen LogP contribution in [0.15, 0.2) is 46.9 Å². The number of aryl methyl sites for hydroxylation is 1. The van der Waals surface area contributed by atoms with Crippen LogP contribution in [0.1, 0.15) is 24.0 Å². The molecule has 2 aromatic rings. The molecule has 4 heteroatoms. The molecule has 104 valence electrons. The van der Waals surface area contributed by atoms with E-state index in [4.69, 9.17) is 5.73 Å². The van der Waals surface area contributed by atoms with Crippen LogP contribution in [-0.4, -0.2) is 5.91 Å². The van der Waals surface area contributed by atoms with Crippen LogP contribution in [0.3, 0.4) is 0 Å². The molecular weight excluding hydrogens is 316 g/mol. The van der Waals surface area contributed by atoms with E-state index in [9.17, 15) is 4.79 Å². The quantitative estimate of drug-likeness (QED) is 0.832. The van der Waals surface area contributed by atoms with Crippen molar-refractivity contribution in [3.8, 4) is 0 Å². The van der Waals surface area contributed by atoms with E-state index in [0.717, 1.165) is 21.3 Å². The molecule has 0 fully saturated rings. The summed E-state index contributed by atoms with van der Waals surface area (Å²) in [5.41, 5.74) is 9.21. The summed E-state index contributed by atoms with van der Waals surface area (Å²) in [7, 11) is 0. The number of carbonyl (C=O) groups excluding carboxylic acids is 1. The predicted octanol–water partition coefficient (Wildman–Crippen LogP) is 4.08. The third kappa shape index (κ3) is 3.61. The van der Waals surface area contributed by atoms with Gasteiger partial charge in [-0.1, -0.05) is 28.1 Å². The number of carbonyl (C=O) groups is 1. The molecule has 0 saturated heterocycles. The number of nitrogens with one attached hydrogen (secondary N) is 1. The first-order valence-electron chi connectivity index (χ1n) is 6.39. The van der Waals surface area contributed by atoms with Gasteiger partial charge in [-0.25, -0.2) is 0 Å². The van der Waals surface area contributed by atoms with E-state index < -0.39 is 0 Å². The number of nitrogen functional groups attached to an aromatic ring is 1. The molecule has 3 nitrogen and oxygen atoms in total. The molecule has 1 amide bonds. The van der Waals surface area contributed by atoms with Gasteiger partial charge in [-0.15, -0.1) is 0 Å². The molecule has 0 aromatic heterocycles. The highest BCUT2D eigenvalue weighted by molar-refractivity contribution is 9.10. The summed E-state index contributed by atoms with van der Waals surface area (Å²) < 4.78 is 0.949. The molecule has 2 rings (SSSR count). The topological polar surface area (TPSA) is 55.1 Å². The number of hydrogen-bond acceptors (Lipinski definition) is 2. The lowest BCUT2D eigenvalue weighted by Crippen LogP contribution is -2.19. The normalized spacial score (nSPS) is 11.9. The molecule has 1 unspecified atom stereocenters. The molecule has 2 aromatic carbocycles. The summed E-state index contributed by atoms with van der Waals surface area (Å²) in [6.07, 6.45) is 0. The maximum atomic E-state index is 12.3. The van der Waals surface area contributed by atoms with Crippen molar-refractivity contribution in [1.82, 2.24) is 0 Å². The van der Waals surface area contributed by atoms with E-state index in [-0.39, 0.29) is 11.8 Å². The number of benzene rings is 2. The lowest BCUT2D eigenvalue weighted by molar-refractivity contribution is -0.117. The first-order chi connectivity index (χ1) is 9.45. The number of anilines is 2. The lowest BCUT2D eigenvalue weighted by atomic mass is 9.99. The molecule has 3 N–H and O–H groups in total. The second-order valence-corrected chi connectivity index (χ2v) is 5.81. The van der Waals surface area contributed by atoms with E-state index >= 15 is 0 Å². The zero-order chi connectivity index (χ0) is 14.7. The van der Waals surface area contributed by atoms with Crippen LogP contribution >= 0.6 is 15.9 Å². The summed E-state index contributed by atoms with van der Waals surface area (Å²) in [6.45, 7) is 3.86. The molecule has 1 atom stereocenters. The maximum Gasteiger partial charge on any atom is 0.231 e. The largest absolute Gasteiger partial charge is 0.399 e. The van der Waals surface area contributed by atoms with Gasteiger partial charge in [0.2, 0.25) is 5.91 Å². The number of rotatable bonds is 3. The summed E-state index contributed by atoms with van der Waals surface area (Å²) in [6, 6.07) is 13.2. The fraction of sp³-hybridized carbons (Fsp3) is 0.188. The monoisotopic (exact) mass is 332 g/mol. The van der Waals surface area contributed by atoms with Crippen LogP contribution in [0.5, 0.6) is 0 Å². The number of halogens is 1. The van der Waals surface area contributed by atoms with Crippen molar-refractivity contribution in [1.29, 1.82) is 0 Å². The van der Waals surface area contributed by atoms with Gasteiger partial charge in [-0.3, -0.25) is 4.79 Å². The van der Waals surface area contributed by atoms with Gasteiger partial charge in [-0.05, 0) is 55.3 Å². The van der Waals surface area contributed by atoms with Crippen molar-refractivity contribution in [2.45, 2.75) is 19.8 Å². The average Bonchev–Trinajstić information content (AvgIpc) is 2.36. The maximum absolute atomic E-state index is 12.3. The second kappa shape index (κ2) is 6.09. The Kier molecular flexibility index (Phi) is 4.45. The van der Waals surface area contributed by atoms with Gasteiger partial charge in [0.1, 0.15) is 0 Å². The third-order valence-corrected chi connectivity index (χ3v) is 3.57. The zero-order valence-corrected chi connectivity index (χ0v) is 13.1. The standard InChI is InChI=1S/C16H17BrN2O/c1-10-6-13(17)9-15(7-10)19-16(20)11(2)12-4-3-5-14(18)8-12/h3-9,11H,18H2,1-2H3,(H,19,20). The van der Waals surface area contributed by atoms with Crippen LogP contribution in [-0.2, 0) is 4.79 Å². The minimum Gasteiger partial charge on any atom is -0.399 e. The van der Waals surface area contributed by atoms with E-state index in [2.05, 4.69) is 21.2 Å². The average molecular weight is 333 g/mol. The zero-order valence-electron chi connectivity index (χ0n) is 11.5. The van der Waals surface area contributed by atoms with E-state index in [1.54, 1.807) is 0 Å². The minimum absolute atomic E-state index is 0.0481. The summed E-state index contributed by atoms with van der Waals surface area (Å²) in [5.74, 6) is -0.300. The van der Waals surface area contributed by atoms with Gasteiger partial charge in [-0.2, -0.15) is 0 Å². The summed E-state index contributed by atoms with van der Waals surface area (Å²) in [4.78, 5) is 12.3. The first kappa shape index (κ1) is 14.6. The highest BCUT2D eigenvalue weighted by Gasteiger charge is 2.15. The SMILES string of the molecule is Cc1cc(Br)cc(NC(=O)C(C)c2cccc(N)c2)c1. The van der Waals surface area contributed by atoms with Crippen LogP contribution in [0, 0.1) is 6.92 Å². The highest BCUT2D eigenvalue weighted by Crippen LogP contribution is 2.22. The molecule has 0 aliphatic heterocycles. The van der Waals surface area contributed by atoms with Crippen LogP contribution < -0.4 is 11.1 Å². The predicted molar refractivity (Wildman–Crippen MR) is 86.8 cm³/mol. The molecule has 0 aliphatic rings. The van der Waals surface area contributed by atoms with Crippen molar-refractivity contribution in [3.63, 3.8) is 0 Å². The Bertz CT molecular complexity index is 620. The second-order valence-electron chi connectivity index (χ2n) is 4.90. The van der Waals surface area contributed by atoms with Gasteiger partial charge in [0.05, 0.1) is 5.92 Å². The van der Waals surface area contributed by atoms with Crippen LogP contribution in [0.2, 0.25) is 0 Å². The molecule has 0 heterocycles. The molecule has 0 bridgehead atoms. The number of hydrogen-bond donors (Lipinski definition) is 2. The molecule has 0 radical (unpaired) electrons. The molecular formula is C16H17BrN2O. The van der Waals surface area contributed by atoms with Gasteiger partial charge in [0.25, 0.3) is 0 Å². The minimum atomic E-state index is -0.252. The number of amides is 1. The van der Waals surface area contributed by atoms with Crippen molar-refractivity contribution >= 4 is 33.2 Å². The molecule has 0 aliphatic carbocycles. The van der Waals surface area contributed by atoms with Gasteiger partial charge < -0.3 is 11.1 Å². The number of nitrogens with two attached hydrogens (primary N) is 1. The molecule has 0 saturated carbocycles. The van der Waals surface area contributed by atoms with Gasteiger partial charge >= 0.3 is 0 Å². The van der Waals surface area contributed by atoms with Crippen molar-refractivity contribution in [2.75, 3.05) is 11.1 Å². The summed E-state index contributed by atoms with van der Waals surface area (Å²) >= 11 is 3.43. The first-order valence-corrected chi connectivity index (χ1v) is 7.18. The lowest BCUT2D eigenvalue weighted by Gasteiger charge is -2.13. The Labute approximate surface area is 127 Å². The van der Waals surface area contributed by atoms with E-state index in [1.807, 2.05) is 56.3 Å². The van der Waals surface area contributed by atoms with Crippen molar-refractivity contribution in [3.05, 3.63) is 58.1 Å². The van der Waals surface area contributed by atoms with E-state index in [1.165, 1.54) is 0 Å². The van der Waals surface area contributed by atoms with Crippen LogP contribution in [0.25, 0.3) is 0 Å².